The summed E-state index contributed by atoms with van der Waals surface area (Å²) < 4.78 is 58.7. The van der Waals surface area contributed by atoms with Gasteiger partial charge in [-0.05, 0) is 25.7 Å². The summed E-state index contributed by atoms with van der Waals surface area (Å²) in [6.45, 7) is 0.972. The Morgan fingerprint density at radius 1 is 1.08 bits per heavy atom. The van der Waals surface area contributed by atoms with Crippen LogP contribution in [0.25, 0.3) is 5.69 Å². The van der Waals surface area contributed by atoms with Gasteiger partial charge in [-0.15, -0.1) is 10.2 Å². The van der Waals surface area contributed by atoms with Gasteiger partial charge in [0.15, 0.2) is 27.2 Å². The summed E-state index contributed by atoms with van der Waals surface area (Å²) >= 11 is 5.87. The molecule has 1 saturated carbocycles. The van der Waals surface area contributed by atoms with E-state index in [4.69, 9.17) is 25.8 Å². The smallest absolute Gasteiger partial charge is 0.245 e. The molecule has 0 saturated heterocycles. The number of sulfone groups is 1. The van der Waals surface area contributed by atoms with Crippen molar-refractivity contribution in [2.75, 3.05) is 28.0 Å². The fourth-order valence-corrected chi connectivity index (χ4v) is 5.83. The van der Waals surface area contributed by atoms with Crippen LogP contribution in [-0.4, -0.2) is 76.4 Å². The number of hydrogen-bond acceptors (Lipinski definition) is 11. The molecule has 1 aliphatic rings. The zero-order valence-electron chi connectivity index (χ0n) is 20.7. The molecule has 200 valence electrons. The Morgan fingerprint density at radius 2 is 1.73 bits per heavy atom. The van der Waals surface area contributed by atoms with Gasteiger partial charge >= 0.3 is 0 Å². The molecule has 0 N–H and O–H groups in total. The number of aromatic nitrogens is 7. The zero-order valence-corrected chi connectivity index (χ0v) is 22.3. The second-order valence-electron chi connectivity index (χ2n) is 8.58. The molecule has 1 aliphatic carbocycles. The molecule has 0 spiro atoms. The number of halogens is 2. The largest absolute Gasteiger partial charge is 0.479 e. The second-order valence-corrected chi connectivity index (χ2v) is 11.4. The first kappa shape index (κ1) is 27.1. The summed E-state index contributed by atoms with van der Waals surface area (Å²) in [5.74, 6) is -0.163. The van der Waals surface area contributed by atoms with Crippen molar-refractivity contribution < 1.29 is 27.0 Å². The van der Waals surface area contributed by atoms with Crippen molar-refractivity contribution in [1.29, 1.82) is 0 Å². The van der Waals surface area contributed by atoms with Crippen molar-refractivity contribution in [3.05, 3.63) is 41.2 Å². The normalized spacial score (nSPS) is 19.2. The number of methoxy groups -OCH3 is 3. The van der Waals surface area contributed by atoms with Gasteiger partial charge in [-0.3, -0.25) is 8.96 Å². The standard InChI is InChI=1S/C22H27ClFN7O5S/c1-12(18(34-2)19-25-8-14(23)9-26-19)37(32,33)10-16-29-30-20(15-6-5-13(15)7-24)31(16)17-21(35-3)27-11-28-22(17)36-4/h8-9,11-13,15,18H,5-7,10H2,1-4H3/t12-,13+,15+,18-/m0/s1. The molecule has 1 fully saturated rings. The van der Waals surface area contributed by atoms with Gasteiger partial charge in [-0.2, -0.15) is 9.97 Å². The Labute approximate surface area is 218 Å². The van der Waals surface area contributed by atoms with Crippen molar-refractivity contribution in [2.24, 2.45) is 5.92 Å². The van der Waals surface area contributed by atoms with Crippen LogP contribution in [0.3, 0.4) is 0 Å². The fourth-order valence-electron chi connectivity index (χ4n) is 4.31. The first-order chi connectivity index (χ1) is 17.7. The topological polar surface area (TPSA) is 144 Å². The Morgan fingerprint density at radius 3 is 2.24 bits per heavy atom. The third-order valence-corrected chi connectivity index (χ3v) is 8.78. The van der Waals surface area contributed by atoms with Crippen LogP contribution in [0.2, 0.25) is 5.02 Å². The van der Waals surface area contributed by atoms with E-state index >= 15 is 0 Å². The van der Waals surface area contributed by atoms with Crippen LogP contribution in [0.4, 0.5) is 4.39 Å². The predicted octanol–water partition coefficient (Wildman–Crippen LogP) is 2.67. The number of ether oxygens (including phenoxy) is 3. The molecule has 3 aromatic rings. The highest BCUT2D eigenvalue weighted by Crippen LogP contribution is 2.44. The van der Waals surface area contributed by atoms with Gasteiger partial charge < -0.3 is 14.2 Å². The van der Waals surface area contributed by atoms with Gasteiger partial charge in [0.1, 0.15) is 24.0 Å². The number of hydrogen-bond donors (Lipinski definition) is 0. The average Bonchev–Trinajstić information content (AvgIpc) is 3.25. The Kier molecular flexibility index (Phi) is 8.19. The van der Waals surface area contributed by atoms with Gasteiger partial charge in [0.2, 0.25) is 11.8 Å². The van der Waals surface area contributed by atoms with E-state index < -0.39 is 33.6 Å². The molecule has 0 aliphatic heterocycles. The Hall–Kier alpha value is -2.97. The van der Waals surface area contributed by atoms with Gasteiger partial charge in [0.05, 0.1) is 31.2 Å². The van der Waals surface area contributed by atoms with Crippen molar-refractivity contribution in [3.63, 3.8) is 0 Å². The molecule has 0 amide bonds. The molecular weight excluding hydrogens is 529 g/mol. The van der Waals surface area contributed by atoms with Crippen LogP contribution in [0.5, 0.6) is 11.8 Å². The van der Waals surface area contributed by atoms with Crippen molar-refractivity contribution in [1.82, 2.24) is 34.7 Å². The summed E-state index contributed by atoms with van der Waals surface area (Å²) in [6, 6.07) is 0. The van der Waals surface area contributed by atoms with Crippen molar-refractivity contribution in [3.8, 4) is 17.4 Å². The number of nitrogens with zero attached hydrogens (tertiary/aromatic N) is 7. The summed E-state index contributed by atoms with van der Waals surface area (Å²) in [5, 5.41) is 7.74. The van der Waals surface area contributed by atoms with Crippen LogP contribution >= 0.6 is 11.6 Å². The van der Waals surface area contributed by atoms with E-state index in [1.807, 2.05) is 0 Å². The van der Waals surface area contributed by atoms with Crippen LogP contribution in [0.15, 0.2) is 18.7 Å². The monoisotopic (exact) mass is 555 g/mol. The lowest BCUT2D eigenvalue weighted by molar-refractivity contribution is 0.0948. The molecule has 0 unspecified atom stereocenters. The van der Waals surface area contributed by atoms with Crippen LogP contribution in [0.1, 0.15) is 49.3 Å². The van der Waals surface area contributed by atoms with Gasteiger partial charge in [-0.1, -0.05) is 11.6 Å². The first-order valence-corrected chi connectivity index (χ1v) is 13.5. The SMILES string of the molecule is COc1ncnc(OC)c1-n1c(CS(=O)(=O)[C@@H](C)[C@H](OC)c2ncc(Cl)cn2)nnc1[C@@H]1CC[C@@H]1CF. The molecule has 3 heterocycles. The predicted molar refractivity (Wildman–Crippen MR) is 130 cm³/mol. The molecule has 12 nitrogen and oxygen atoms in total. The van der Waals surface area contributed by atoms with Crippen molar-refractivity contribution in [2.45, 2.75) is 42.8 Å². The highest BCUT2D eigenvalue weighted by atomic mass is 35.5. The van der Waals surface area contributed by atoms with E-state index in [1.165, 1.54) is 51.5 Å². The van der Waals surface area contributed by atoms with E-state index in [2.05, 4.69) is 30.1 Å². The summed E-state index contributed by atoms with van der Waals surface area (Å²) in [4.78, 5) is 16.5. The molecule has 4 rings (SSSR count). The molecule has 4 atom stereocenters. The average molecular weight is 556 g/mol. The van der Waals surface area contributed by atoms with E-state index in [0.29, 0.717) is 23.7 Å². The van der Waals surface area contributed by atoms with E-state index in [0.717, 1.165) is 0 Å². The molecule has 37 heavy (non-hydrogen) atoms. The second kappa shape index (κ2) is 11.2. The molecule has 3 aromatic heterocycles. The lowest BCUT2D eigenvalue weighted by Gasteiger charge is -2.34. The number of alkyl halides is 1. The zero-order chi connectivity index (χ0) is 26.7. The summed E-state index contributed by atoms with van der Waals surface area (Å²) in [5.41, 5.74) is 0.235. The molecule has 0 bridgehead atoms. The maximum atomic E-state index is 13.6. The van der Waals surface area contributed by atoms with Gasteiger partial charge in [-0.25, -0.2) is 18.4 Å². The Balaban J connectivity index is 1.78. The first-order valence-electron chi connectivity index (χ1n) is 11.4. The minimum absolute atomic E-state index is 0.0737. The van der Waals surface area contributed by atoms with Crippen molar-refractivity contribution >= 4 is 21.4 Å². The van der Waals surface area contributed by atoms with Crippen LogP contribution < -0.4 is 9.47 Å². The van der Waals surface area contributed by atoms with Crippen LogP contribution in [-0.2, 0) is 20.3 Å². The molecule has 0 radical (unpaired) electrons. The van der Waals surface area contributed by atoms with E-state index in [-0.39, 0.29) is 40.9 Å². The molecular formula is C22H27ClFN7O5S. The minimum atomic E-state index is -3.93. The van der Waals surface area contributed by atoms with E-state index in [9.17, 15) is 12.8 Å². The quantitative estimate of drug-likeness (QED) is 0.344. The maximum absolute atomic E-state index is 13.6. The maximum Gasteiger partial charge on any atom is 0.245 e. The Bertz CT molecular complexity index is 1320. The third-order valence-electron chi connectivity index (χ3n) is 6.54. The van der Waals surface area contributed by atoms with E-state index in [1.54, 1.807) is 0 Å². The highest BCUT2D eigenvalue weighted by Gasteiger charge is 2.40. The minimum Gasteiger partial charge on any atom is -0.479 e. The molecule has 0 aromatic carbocycles. The van der Waals surface area contributed by atoms with Gasteiger partial charge in [0.25, 0.3) is 0 Å². The summed E-state index contributed by atoms with van der Waals surface area (Å²) in [7, 11) is 0.271. The van der Waals surface area contributed by atoms with Crippen LogP contribution in [0, 0.1) is 5.92 Å². The summed E-state index contributed by atoms with van der Waals surface area (Å²) in [6.07, 6.45) is 4.39. The van der Waals surface area contributed by atoms with Gasteiger partial charge in [0, 0.05) is 25.4 Å². The molecule has 15 heteroatoms. The number of rotatable bonds is 11. The third kappa shape index (κ3) is 5.22. The lowest BCUT2D eigenvalue weighted by atomic mass is 9.74. The lowest BCUT2D eigenvalue weighted by Crippen LogP contribution is -2.31. The fraction of sp³-hybridized carbons (Fsp3) is 0.545. The highest BCUT2D eigenvalue weighted by molar-refractivity contribution is 7.91.